The van der Waals surface area contributed by atoms with Gasteiger partial charge in [-0.15, -0.1) is 0 Å². The minimum absolute atomic E-state index is 0.0801. The summed E-state index contributed by atoms with van der Waals surface area (Å²) in [5.74, 6) is -0.258. The number of amides is 1. The minimum atomic E-state index is -2.64. The van der Waals surface area contributed by atoms with E-state index >= 15 is 0 Å². The molecule has 0 saturated carbocycles. The number of aromatic amines is 1. The fourth-order valence-electron chi connectivity index (χ4n) is 4.17. The highest BCUT2D eigenvalue weighted by atomic mass is 19.3. The molecule has 1 spiro atoms. The van der Waals surface area contributed by atoms with Crippen LogP contribution in [0.25, 0.3) is 0 Å². The Bertz CT molecular complexity index is 779. The van der Waals surface area contributed by atoms with Crippen LogP contribution in [0.15, 0.2) is 36.4 Å². The van der Waals surface area contributed by atoms with E-state index in [9.17, 15) is 13.6 Å². The molecule has 2 aliphatic heterocycles. The zero-order chi connectivity index (χ0) is 18.1. The maximum Gasteiger partial charge on any atom is 0.279 e. The van der Waals surface area contributed by atoms with Gasteiger partial charge in [0.2, 0.25) is 0 Å². The summed E-state index contributed by atoms with van der Waals surface area (Å²) >= 11 is 0. The molecule has 3 heterocycles. The minimum Gasteiger partial charge on any atom is -0.337 e. The van der Waals surface area contributed by atoms with Gasteiger partial charge >= 0.3 is 0 Å². The number of rotatable bonds is 4. The predicted molar refractivity (Wildman–Crippen MR) is 92.8 cm³/mol. The Kier molecular flexibility index (Phi) is 4.48. The van der Waals surface area contributed by atoms with Gasteiger partial charge in [0, 0.05) is 31.6 Å². The first-order valence-corrected chi connectivity index (χ1v) is 8.94. The summed E-state index contributed by atoms with van der Waals surface area (Å²) in [6, 6.07) is 11.5. The van der Waals surface area contributed by atoms with Crippen molar-refractivity contribution >= 4 is 5.91 Å². The Labute approximate surface area is 151 Å². The number of carbonyl (C=O) groups excluding carboxylic acids is 1. The molecular formula is C19H22F2N4O. The lowest BCUT2D eigenvalue weighted by molar-refractivity contribution is 0.0767. The Hall–Kier alpha value is -2.28. The van der Waals surface area contributed by atoms with Gasteiger partial charge in [-0.1, -0.05) is 30.3 Å². The fraction of sp³-hybridized carbons (Fsp3) is 0.474. The van der Waals surface area contributed by atoms with Gasteiger partial charge in [-0.3, -0.25) is 14.8 Å². The van der Waals surface area contributed by atoms with Crippen LogP contribution in [0.5, 0.6) is 0 Å². The summed E-state index contributed by atoms with van der Waals surface area (Å²) in [7, 11) is 0. The SMILES string of the molecule is O=C(c1cc(C(F)F)[nH]n1)N1CCC2(CCN(Cc3ccccc3)C2)C1. The van der Waals surface area contributed by atoms with Gasteiger partial charge in [0.1, 0.15) is 5.69 Å². The lowest BCUT2D eigenvalue weighted by atomic mass is 9.86. The third kappa shape index (κ3) is 3.35. The zero-order valence-corrected chi connectivity index (χ0v) is 14.5. The molecule has 2 aromatic rings. The number of aromatic nitrogens is 2. The highest BCUT2D eigenvalue weighted by molar-refractivity contribution is 5.92. The summed E-state index contributed by atoms with van der Waals surface area (Å²) in [5, 5.41) is 6.01. The van der Waals surface area contributed by atoms with Gasteiger partial charge in [-0.2, -0.15) is 5.10 Å². The molecule has 4 rings (SSSR count). The molecule has 26 heavy (non-hydrogen) atoms. The summed E-state index contributed by atoms with van der Waals surface area (Å²) < 4.78 is 25.4. The molecule has 2 saturated heterocycles. The van der Waals surface area contributed by atoms with Gasteiger partial charge in [-0.05, 0) is 31.0 Å². The van der Waals surface area contributed by atoms with Crippen molar-refractivity contribution in [1.82, 2.24) is 20.0 Å². The molecule has 0 radical (unpaired) electrons. The van der Waals surface area contributed by atoms with Crippen LogP contribution >= 0.6 is 0 Å². The molecule has 1 aromatic heterocycles. The molecule has 7 heteroatoms. The van der Waals surface area contributed by atoms with Crippen molar-refractivity contribution < 1.29 is 13.6 Å². The van der Waals surface area contributed by atoms with E-state index in [0.29, 0.717) is 13.1 Å². The van der Waals surface area contributed by atoms with Crippen LogP contribution in [0.2, 0.25) is 0 Å². The van der Waals surface area contributed by atoms with Crippen molar-refractivity contribution in [3.05, 3.63) is 53.3 Å². The standard InChI is InChI=1S/C19H22F2N4O/c20-17(21)15-10-16(23-22-15)18(26)25-9-7-19(13-25)6-8-24(12-19)11-14-4-2-1-3-5-14/h1-5,10,17H,6-9,11-13H2,(H,22,23). The number of nitrogens with zero attached hydrogens (tertiary/aromatic N) is 3. The summed E-state index contributed by atoms with van der Waals surface area (Å²) in [6.45, 7) is 4.25. The number of hydrogen-bond donors (Lipinski definition) is 1. The molecule has 1 amide bonds. The summed E-state index contributed by atoms with van der Waals surface area (Å²) in [4.78, 5) is 16.8. The second-order valence-electron chi connectivity index (χ2n) is 7.43. The Morgan fingerprint density at radius 3 is 2.69 bits per heavy atom. The molecule has 5 nitrogen and oxygen atoms in total. The predicted octanol–water partition coefficient (Wildman–Crippen LogP) is 3.09. The average Bonchev–Trinajstić information content (AvgIpc) is 3.36. The molecule has 1 atom stereocenters. The van der Waals surface area contributed by atoms with Gasteiger partial charge in [0.15, 0.2) is 5.69 Å². The number of hydrogen-bond acceptors (Lipinski definition) is 3. The van der Waals surface area contributed by atoms with E-state index in [4.69, 9.17) is 0 Å². The maximum atomic E-state index is 12.7. The molecule has 0 aliphatic carbocycles. The second-order valence-corrected chi connectivity index (χ2v) is 7.43. The Morgan fingerprint density at radius 1 is 1.19 bits per heavy atom. The average molecular weight is 360 g/mol. The van der Waals surface area contributed by atoms with Gasteiger partial charge < -0.3 is 4.90 Å². The Morgan fingerprint density at radius 2 is 1.96 bits per heavy atom. The number of benzene rings is 1. The number of H-pyrrole nitrogens is 1. The summed E-state index contributed by atoms with van der Waals surface area (Å²) in [5.41, 5.74) is 1.19. The Balaban J connectivity index is 1.38. The lowest BCUT2D eigenvalue weighted by Gasteiger charge is -2.24. The first kappa shape index (κ1) is 17.1. The largest absolute Gasteiger partial charge is 0.337 e. The highest BCUT2D eigenvalue weighted by Gasteiger charge is 2.45. The van der Waals surface area contributed by atoms with Crippen molar-refractivity contribution in [2.45, 2.75) is 25.8 Å². The van der Waals surface area contributed by atoms with Crippen LogP contribution in [-0.4, -0.2) is 52.1 Å². The van der Waals surface area contributed by atoms with Gasteiger partial charge in [-0.25, -0.2) is 8.78 Å². The number of carbonyl (C=O) groups is 1. The van der Waals surface area contributed by atoms with Crippen molar-refractivity contribution in [1.29, 1.82) is 0 Å². The lowest BCUT2D eigenvalue weighted by Crippen LogP contribution is -2.34. The third-order valence-electron chi connectivity index (χ3n) is 5.54. The molecule has 1 aromatic carbocycles. The number of halogens is 2. The number of likely N-dealkylation sites (tertiary alicyclic amines) is 2. The first-order valence-electron chi connectivity index (χ1n) is 8.94. The van der Waals surface area contributed by atoms with E-state index in [0.717, 1.165) is 38.5 Å². The number of nitrogens with one attached hydrogen (secondary N) is 1. The smallest absolute Gasteiger partial charge is 0.279 e. The first-order chi connectivity index (χ1) is 12.5. The van der Waals surface area contributed by atoms with Gasteiger partial charge in [0.05, 0.1) is 0 Å². The molecule has 1 unspecified atom stereocenters. The summed E-state index contributed by atoms with van der Waals surface area (Å²) in [6.07, 6.45) is -0.627. The van der Waals surface area contributed by atoms with Crippen LogP contribution in [-0.2, 0) is 6.54 Å². The van der Waals surface area contributed by atoms with Crippen LogP contribution in [0.1, 0.15) is 41.0 Å². The molecular weight excluding hydrogens is 338 g/mol. The third-order valence-corrected chi connectivity index (χ3v) is 5.54. The molecule has 2 fully saturated rings. The normalized spacial score (nSPS) is 23.4. The van der Waals surface area contributed by atoms with Crippen molar-refractivity contribution in [2.75, 3.05) is 26.2 Å². The van der Waals surface area contributed by atoms with E-state index in [1.54, 1.807) is 4.90 Å². The van der Waals surface area contributed by atoms with Crippen molar-refractivity contribution in [3.63, 3.8) is 0 Å². The van der Waals surface area contributed by atoms with E-state index in [2.05, 4.69) is 39.4 Å². The van der Waals surface area contributed by atoms with Gasteiger partial charge in [0.25, 0.3) is 12.3 Å². The van der Waals surface area contributed by atoms with Crippen LogP contribution < -0.4 is 0 Å². The van der Waals surface area contributed by atoms with Crippen molar-refractivity contribution in [3.8, 4) is 0 Å². The second kappa shape index (κ2) is 6.79. The van der Waals surface area contributed by atoms with E-state index in [-0.39, 0.29) is 22.7 Å². The molecule has 0 bridgehead atoms. The topological polar surface area (TPSA) is 52.2 Å². The zero-order valence-electron chi connectivity index (χ0n) is 14.5. The van der Waals surface area contributed by atoms with Crippen LogP contribution in [0.4, 0.5) is 8.78 Å². The van der Waals surface area contributed by atoms with E-state index in [1.807, 2.05) is 6.07 Å². The van der Waals surface area contributed by atoms with Crippen LogP contribution in [0, 0.1) is 5.41 Å². The molecule has 1 N–H and O–H groups in total. The fourth-order valence-corrected chi connectivity index (χ4v) is 4.17. The maximum absolute atomic E-state index is 12.7. The quantitative estimate of drug-likeness (QED) is 0.912. The van der Waals surface area contributed by atoms with E-state index < -0.39 is 6.43 Å². The number of alkyl halides is 2. The van der Waals surface area contributed by atoms with Crippen molar-refractivity contribution in [2.24, 2.45) is 5.41 Å². The highest BCUT2D eigenvalue weighted by Crippen LogP contribution is 2.40. The molecule has 138 valence electrons. The monoisotopic (exact) mass is 360 g/mol. The van der Waals surface area contributed by atoms with Crippen LogP contribution in [0.3, 0.4) is 0 Å². The molecule has 2 aliphatic rings. The van der Waals surface area contributed by atoms with E-state index in [1.165, 1.54) is 5.56 Å².